The van der Waals surface area contributed by atoms with Crippen LogP contribution in [0.1, 0.15) is 44.5 Å². The van der Waals surface area contributed by atoms with E-state index in [0.717, 1.165) is 51.5 Å². The zero-order valence-electron chi connectivity index (χ0n) is 17.4. The maximum absolute atomic E-state index is 6.29. The molecule has 2 heterocycles. The molecular formula is C24H28N4. The lowest BCUT2D eigenvalue weighted by atomic mass is 9.98. The first-order chi connectivity index (χ1) is 13.4. The molecule has 1 aromatic heterocycles. The highest BCUT2D eigenvalue weighted by Gasteiger charge is 2.25. The van der Waals surface area contributed by atoms with Crippen LogP contribution in [0, 0.1) is 6.92 Å². The van der Waals surface area contributed by atoms with Gasteiger partial charge in [-0.25, -0.2) is 4.99 Å². The maximum Gasteiger partial charge on any atom is 0.205 e. The number of aryl methyl sites for hydroxylation is 2. The zero-order chi connectivity index (χ0) is 20.4. The monoisotopic (exact) mass is 372 g/mol. The molecule has 4 heteroatoms. The molecule has 3 rings (SSSR count). The molecule has 1 aliphatic rings. The van der Waals surface area contributed by atoms with Crippen molar-refractivity contribution in [3.8, 4) is 11.1 Å². The molecule has 0 fully saturated rings. The van der Waals surface area contributed by atoms with Crippen LogP contribution in [0.5, 0.6) is 0 Å². The molecule has 1 aromatic carbocycles. The quantitative estimate of drug-likeness (QED) is 0.698. The molecule has 0 unspecified atom stereocenters. The van der Waals surface area contributed by atoms with E-state index in [1.54, 1.807) is 0 Å². The molecule has 144 valence electrons. The summed E-state index contributed by atoms with van der Waals surface area (Å²) in [7, 11) is 0. The van der Waals surface area contributed by atoms with E-state index in [1.807, 2.05) is 37.1 Å². The van der Waals surface area contributed by atoms with E-state index >= 15 is 0 Å². The Labute approximate surface area is 167 Å². The average molecular weight is 373 g/mol. The van der Waals surface area contributed by atoms with E-state index in [9.17, 15) is 0 Å². The Morgan fingerprint density at radius 2 is 1.93 bits per heavy atom. The number of nitrogens with zero attached hydrogens (tertiary/aromatic N) is 3. The number of guanidine groups is 1. The second-order valence-electron chi connectivity index (χ2n) is 6.97. The SMILES string of the molecule is C=C1c2cc(-c3cnc(CC)c(C)c3)ccc2N=C(N)N1C(=C/C)/C(C)=C\C. The fourth-order valence-electron chi connectivity index (χ4n) is 3.56. The van der Waals surface area contributed by atoms with Crippen molar-refractivity contribution in [1.82, 2.24) is 9.88 Å². The summed E-state index contributed by atoms with van der Waals surface area (Å²) in [6.07, 6.45) is 6.97. The molecular weight excluding hydrogens is 344 g/mol. The minimum absolute atomic E-state index is 0.435. The first-order valence-electron chi connectivity index (χ1n) is 9.64. The highest BCUT2D eigenvalue weighted by molar-refractivity contribution is 5.98. The van der Waals surface area contributed by atoms with Crippen LogP contribution in [0.2, 0.25) is 0 Å². The number of pyridine rings is 1. The zero-order valence-corrected chi connectivity index (χ0v) is 17.4. The third-order valence-corrected chi connectivity index (χ3v) is 5.25. The lowest BCUT2D eigenvalue weighted by molar-refractivity contribution is 0.709. The second kappa shape index (κ2) is 7.85. The first kappa shape index (κ1) is 19.6. The number of benzene rings is 1. The van der Waals surface area contributed by atoms with Gasteiger partial charge in [0.15, 0.2) is 0 Å². The van der Waals surface area contributed by atoms with Crippen molar-refractivity contribution >= 4 is 17.3 Å². The summed E-state index contributed by atoms with van der Waals surface area (Å²) in [4.78, 5) is 11.2. The van der Waals surface area contributed by atoms with Crippen LogP contribution < -0.4 is 5.73 Å². The van der Waals surface area contributed by atoms with E-state index < -0.39 is 0 Å². The Kier molecular flexibility index (Phi) is 5.50. The van der Waals surface area contributed by atoms with Crippen molar-refractivity contribution in [1.29, 1.82) is 0 Å². The fourth-order valence-corrected chi connectivity index (χ4v) is 3.56. The molecule has 2 aromatic rings. The summed E-state index contributed by atoms with van der Waals surface area (Å²) < 4.78 is 0. The van der Waals surface area contributed by atoms with Gasteiger partial charge < -0.3 is 5.73 Å². The van der Waals surface area contributed by atoms with Gasteiger partial charge in [-0.05, 0) is 69.0 Å². The van der Waals surface area contributed by atoms with Gasteiger partial charge in [-0.15, -0.1) is 0 Å². The van der Waals surface area contributed by atoms with Crippen molar-refractivity contribution in [2.24, 2.45) is 10.7 Å². The first-order valence-corrected chi connectivity index (χ1v) is 9.64. The Hall–Kier alpha value is -3.14. The average Bonchev–Trinajstić information content (AvgIpc) is 2.70. The standard InChI is InChI=1S/C24H28N4/c1-7-15(4)23(9-3)28-17(6)20-13-18(10-11-22(20)27-24(28)25)19-12-16(5)21(8-2)26-14-19/h7,9-14H,6,8H2,1-5H3,(H2,25,27)/b15-7-,23-9+. The van der Waals surface area contributed by atoms with Gasteiger partial charge in [-0.3, -0.25) is 9.88 Å². The highest BCUT2D eigenvalue weighted by Crippen LogP contribution is 2.38. The van der Waals surface area contributed by atoms with Crippen LogP contribution in [-0.2, 0) is 6.42 Å². The molecule has 0 spiro atoms. The summed E-state index contributed by atoms with van der Waals surface area (Å²) in [5.41, 5.74) is 15.6. The summed E-state index contributed by atoms with van der Waals surface area (Å²) in [5, 5.41) is 0. The Bertz CT molecular complexity index is 1020. The largest absolute Gasteiger partial charge is 0.369 e. The fraction of sp³-hybridized carbons (Fsp3) is 0.250. The second-order valence-corrected chi connectivity index (χ2v) is 6.97. The topological polar surface area (TPSA) is 54.5 Å². The molecule has 0 bridgehead atoms. The molecule has 1 aliphatic heterocycles. The van der Waals surface area contributed by atoms with E-state index in [-0.39, 0.29) is 0 Å². The van der Waals surface area contributed by atoms with Crippen molar-refractivity contribution in [3.63, 3.8) is 0 Å². The lowest BCUT2D eigenvalue weighted by Crippen LogP contribution is -2.37. The molecule has 4 nitrogen and oxygen atoms in total. The highest BCUT2D eigenvalue weighted by atomic mass is 15.3. The molecule has 0 aliphatic carbocycles. The Morgan fingerprint density at radius 1 is 1.18 bits per heavy atom. The minimum Gasteiger partial charge on any atom is -0.369 e. The molecule has 0 saturated carbocycles. The lowest BCUT2D eigenvalue weighted by Gasteiger charge is -2.32. The van der Waals surface area contributed by atoms with Gasteiger partial charge in [0, 0.05) is 28.7 Å². The van der Waals surface area contributed by atoms with E-state index in [1.165, 1.54) is 5.56 Å². The summed E-state index contributed by atoms with van der Waals surface area (Å²) in [6.45, 7) is 14.6. The van der Waals surface area contributed by atoms with Crippen molar-refractivity contribution in [2.45, 2.75) is 41.0 Å². The van der Waals surface area contributed by atoms with Gasteiger partial charge in [0.2, 0.25) is 5.96 Å². The number of allylic oxidation sites excluding steroid dienone is 3. The number of rotatable bonds is 4. The molecule has 0 radical (unpaired) electrons. The Morgan fingerprint density at radius 3 is 2.54 bits per heavy atom. The molecule has 0 saturated heterocycles. The third-order valence-electron chi connectivity index (χ3n) is 5.25. The van der Waals surface area contributed by atoms with Crippen LogP contribution in [-0.4, -0.2) is 15.8 Å². The number of fused-ring (bicyclic) bond motifs is 1. The van der Waals surface area contributed by atoms with Crippen LogP contribution in [0.3, 0.4) is 0 Å². The van der Waals surface area contributed by atoms with Gasteiger partial charge in [-0.1, -0.05) is 31.7 Å². The predicted molar refractivity (Wildman–Crippen MR) is 119 cm³/mol. The summed E-state index contributed by atoms with van der Waals surface area (Å²) >= 11 is 0. The predicted octanol–water partition coefficient (Wildman–Crippen LogP) is 5.72. The van der Waals surface area contributed by atoms with Gasteiger partial charge in [-0.2, -0.15) is 0 Å². The normalized spacial score (nSPS) is 14.8. The van der Waals surface area contributed by atoms with E-state index in [4.69, 9.17) is 5.73 Å². The number of aromatic nitrogens is 1. The maximum atomic E-state index is 6.29. The van der Waals surface area contributed by atoms with Gasteiger partial charge in [0.1, 0.15) is 0 Å². The smallest absolute Gasteiger partial charge is 0.205 e. The van der Waals surface area contributed by atoms with Crippen LogP contribution >= 0.6 is 0 Å². The van der Waals surface area contributed by atoms with Crippen molar-refractivity contribution in [2.75, 3.05) is 0 Å². The summed E-state index contributed by atoms with van der Waals surface area (Å²) in [5.74, 6) is 0.435. The van der Waals surface area contributed by atoms with E-state index in [0.29, 0.717) is 5.96 Å². The van der Waals surface area contributed by atoms with Gasteiger partial charge >= 0.3 is 0 Å². The molecule has 0 amide bonds. The van der Waals surface area contributed by atoms with Crippen molar-refractivity contribution in [3.05, 3.63) is 77.3 Å². The minimum atomic E-state index is 0.435. The van der Waals surface area contributed by atoms with Crippen LogP contribution in [0.15, 0.2) is 65.5 Å². The molecule has 2 N–H and O–H groups in total. The molecule has 28 heavy (non-hydrogen) atoms. The van der Waals surface area contributed by atoms with E-state index in [2.05, 4.69) is 61.6 Å². The number of hydrogen-bond acceptors (Lipinski definition) is 4. The van der Waals surface area contributed by atoms with Crippen molar-refractivity contribution < 1.29 is 0 Å². The number of hydrogen-bond donors (Lipinski definition) is 1. The van der Waals surface area contributed by atoms with Gasteiger partial charge in [0.25, 0.3) is 0 Å². The Balaban J connectivity index is 2.08. The number of aliphatic imine (C=N–C) groups is 1. The number of nitrogens with two attached hydrogens (primary N) is 1. The van der Waals surface area contributed by atoms with Crippen LogP contribution in [0.4, 0.5) is 5.69 Å². The van der Waals surface area contributed by atoms with Crippen LogP contribution in [0.25, 0.3) is 16.8 Å². The third kappa shape index (κ3) is 3.38. The summed E-state index contributed by atoms with van der Waals surface area (Å²) in [6, 6.07) is 8.38. The molecule has 0 atom stereocenters. The van der Waals surface area contributed by atoms with Gasteiger partial charge in [0.05, 0.1) is 11.4 Å².